The van der Waals surface area contributed by atoms with E-state index in [1.165, 1.54) is 9.21 Å². The van der Waals surface area contributed by atoms with E-state index in [-0.39, 0.29) is 17.3 Å². The molecule has 3 aromatic carbocycles. The normalized spacial score (nSPS) is 12.0. The Morgan fingerprint density at radius 3 is 2.14 bits per heavy atom. The second-order valence-corrected chi connectivity index (χ2v) is 12.4. The van der Waals surface area contributed by atoms with Crippen molar-refractivity contribution < 1.29 is 22.7 Å². The third kappa shape index (κ3) is 8.12. The third-order valence-electron chi connectivity index (χ3n) is 7.25. The molecule has 0 heterocycles. The van der Waals surface area contributed by atoms with Gasteiger partial charge in [-0.3, -0.25) is 13.9 Å². The fourth-order valence-corrected chi connectivity index (χ4v) is 6.16. The molecule has 0 aliphatic heterocycles. The molecule has 0 saturated heterocycles. The lowest BCUT2D eigenvalue weighted by Crippen LogP contribution is -2.52. The first-order valence-electron chi connectivity index (χ1n) is 14.4. The van der Waals surface area contributed by atoms with Gasteiger partial charge >= 0.3 is 0 Å². The monoisotopic (exact) mass is 593 g/mol. The summed E-state index contributed by atoms with van der Waals surface area (Å²) in [4.78, 5) is 29.1. The maximum atomic E-state index is 14.2. The smallest absolute Gasteiger partial charge is 0.264 e. The number of hydrogen-bond acceptors (Lipinski definition) is 5. The highest BCUT2D eigenvalue weighted by atomic mass is 32.2. The van der Waals surface area contributed by atoms with Gasteiger partial charge in [0.25, 0.3) is 10.0 Å². The summed E-state index contributed by atoms with van der Waals surface area (Å²) < 4.78 is 34.7. The van der Waals surface area contributed by atoms with Gasteiger partial charge in [0.1, 0.15) is 18.3 Å². The number of nitrogens with one attached hydrogen (secondary N) is 1. The highest BCUT2D eigenvalue weighted by Gasteiger charge is 2.34. The van der Waals surface area contributed by atoms with Gasteiger partial charge in [-0.15, -0.1) is 0 Å². The SMILES string of the molecule is CCCCNC(=O)[C@H](CC)N(Cc1ccc(OC)cc1)C(=O)CN(c1cc(C)ccc1C)S(=O)(=O)c1ccc(C)cc1. The Hall–Kier alpha value is -3.85. The van der Waals surface area contributed by atoms with Gasteiger partial charge < -0.3 is 15.0 Å². The molecule has 226 valence electrons. The first-order chi connectivity index (χ1) is 20.0. The van der Waals surface area contributed by atoms with Gasteiger partial charge in [-0.05, 0) is 80.6 Å². The lowest BCUT2D eigenvalue weighted by molar-refractivity contribution is -0.140. The average molecular weight is 594 g/mol. The van der Waals surface area contributed by atoms with Crippen molar-refractivity contribution in [2.75, 3.05) is 24.5 Å². The van der Waals surface area contributed by atoms with Gasteiger partial charge in [0.05, 0.1) is 17.7 Å². The van der Waals surface area contributed by atoms with Gasteiger partial charge in [-0.1, -0.05) is 62.2 Å². The molecule has 1 N–H and O–H groups in total. The predicted molar refractivity (Wildman–Crippen MR) is 167 cm³/mol. The van der Waals surface area contributed by atoms with Crippen LogP contribution in [0.5, 0.6) is 5.75 Å². The molecular weight excluding hydrogens is 550 g/mol. The van der Waals surface area contributed by atoms with E-state index < -0.39 is 28.5 Å². The van der Waals surface area contributed by atoms with Gasteiger partial charge in [0.2, 0.25) is 11.8 Å². The number of methoxy groups -OCH3 is 1. The molecule has 2 amide bonds. The maximum Gasteiger partial charge on any atom is 0.264 e. The summed E-state index contributed by atoms with van der Waals surface area (Å²) in [6, 6.07) is 18.6. The maximum absolute atomic E-state index is 14.2. The number of aryl methyl sites for hydroxylation is 3. The Balaban J connectivity index is 2.07. The standard InChI is InChI=1S/C33H43N3O5S/c1-7-9-20-34-33(38)30(8-2)35(22-27-14-16-28(41-6)17-15-27)32(37)23-36(31-21-25(4)10-13-26(31)5)42(39,40)29-18-11-24(3)12-19-29/h10-19,21,30H,7-9,20,22-23H2,1-6H3,(H,34,38)/t30-/m0/s1. The van der Waals surface area contributed by atoms with Gasteiger partial charge in [-0.25, -0.2) is 8.42 Å². The van der Waals surface area contributed by atoms with Crippen molar-refractivity contribution in [3.8, 4) is 5.75 Å². The number of rotatable bonds is 14. The number of ether oxygens (including phenoxy) is 1. The van der Waals surface area contributed by atoms with E-state index >= 15 is 0 Å². The molecule has 0 unspecified atom stereocenters. The number of carbonyl (C=O) groups is 2. The Kier molecular flexibility index (Phi) is 11.6. The zero-order valence-corrected chi connectivity index (χ0v) is 26.3. The van der Waals surface area contributed by atoms with Crippen LogP contribution >= 0.6 is 0 Å². The zero-order chi connectivity index (χ0) is 30.9. The molecule has 3 aromatic rings. The van der Waals surface area contributed by atoms with Crippen LogP contribution in [0.15, 0.2) is 71.6 Å². The van der Waals surface area contributed by atoms with Crippen LogP contribution in [0.4, 0.5) is 5.69 Å². The highest BCUT2D eigenvalue weighted by Crippen LogP contribution is 2.29. The summed E-state index contributed by atoms with van der Waals surface area (Å²) in [5.41, 5.74) is 3.73. The molecule has 0 aliphatic carbocycles. The lowest BCUT2D eigenvalue weighted by atomic mass is 10.1. The van der Waals surface area contributed by atoms with E-state index in [4.69, 9.17) is 4.74 Å². The van der Waals surface area contributed by atoms with E-state index in [1.807, 2.05) is 58.9 Å². The molecule has 0 bridgehead atoms. The van der Waals surface area contributed by atoms with Crippen molar-refractivity contribution in [1.29, 1.82) is 0 Å². The third-order valence-corrected chi connectivity index (χ3v) is 9.02. The summed E-state index contributed by atoms with van der Waals surface area (Å²) in [6.45, 7) is 9.66. The second kappa shape index (κ2) is 14.9. The van der Waals surface area contributed by atoms with Crippen molar-refractivity contribution >= 4 is 27.5 Å². The van der Waals surface area contributed by atoms with Crippen LogP contribution < -0.4 is 14.4 Å². The van der Waals surface area contributed by atoms with Crippen LogP contribution in [0.2, 0.25) is 0 Å². The van der Waals surface area contributed by atoms with Crippen molar-refractivity contribution in [1.82, 2.24) is 10.2 Å². The number of amides is 2. The Morgan fingerprint density at radius 2 is 1.55 bits per heavy atom. The number of hydrogen-bond donors (Lipinski definition) is 1. The van der Waals surface area contributed by atoms with Crippen molar-refractivity contribution in [3.63, 3.8) is 0 Å². The molecule has 0 fully saturated rings. The Labute approximate surface area is 250 Å². The summed E-state index contributed by atoms with van der Waals surface area (Å²) in [6.07, 6.45) is 2.12. The number of unbranched alkanes of at least 4 members (excludes halogenated alkanes) is 1. The summed E-state index contributed by atoms with van der Waals surface area (Å²) >= 11 is 0. The van der Waals surface area contributed by atoms with Gasteiger partial charge in [0, 0.05) is 13.1 Å². The van der Waals surface area contributed by atoms with E-state index in [0.717, 1.165) is 35.1 Å². The van der Waals surface area contributed by atoms with Gasteiger partial charge in [0.15, 0.2) is 0 Å². The van der Waals surface area contributed by atoms with Crippen molar-refractivity contribution in [2.24, 2.45) is 0 Å². The summed E-state index contributed by atoms with van der Waals surface area (Å²) in [5.74, 6) is -0.0568. The minimum atomic E-state index is -4.12. The quantitative estimate of drug-likeness (QED) is 0.248. The fourth-order valence-electron chi connectivity index (χ4n) is 4.69. The van der Waals surface area contributed by atoms with E-state index in [1.54, 1.807) is 49.6 Å². The molecule has 0 radical (unpaired) electrons. The lowest BCUT2D eigenvalue weighted by Gasteiger charge is -2.33. The number of benzene rings is 3. The highest BCUT2D eigenvalue weighted by molar-refractivity contribution is 7.92. The topological polar surface area (TPSA) is 96.0 Å². The minimum Gasteiger partial charge on any atom is -0.497 e. The number of carbonyl (C=O) groups excluding carboxylic acids is 2. The number of sulfonamides is 1. The molecule has 42 heavy (non-hydrogen) atoms. The summed E-state index contributed by atoms with van der Waals surface area (Å²) in [7, 11) is -2.54. The summed E-state index contributed by atoms with van der Waals surface area (Å²) in [5, 5.41) is 2.95. The van der Waals surface area contributed by atoms with Crippen LogP contribution in [-0.2, 0) is 26.2 Å². The minimum absolute atomic E-state index is 0.0906. The predicted octanol–water partition coefficient (Wildman–Crippen LogP) is 5.54. The Morgan fingerprint density at radius 1 is 0.905 bits per heavy atom. The van der Waals surface area contributed by atoms with E-state index in [9.17, 15) is 18.0 Å². The molecule has 0 aliphatic rings. The first kappa shape index (κ1) is 32.7. The van der Waals surface area contributed by atoms with Crippen LogP contribution in [0.3, 0.4) is 0 Å². The molecule has 9 heteroatoms. The van der Waals surface area contributed by atoms with Crippen molar-refractivity contribution in [2.45, 2.75) is 71.4 Å². The molecule has 1 atom stereocenters. The van der Waals surface area contributed by atoms with E-state index in [0.29, 0.717) is 24.4 Å². The number of anilines is 1. The number of nitrogens with zero attached hydrogens (tertiary/aromatic N) is 2. The fraction of sp³-hybridized carbons (Fsp3) is 0.394. The molecule has 0 aromatic heterocycles. The van der Waals surface area contributed by atoms with Crippen LogP contribution in [-0.4, -0.2) is 51.4 Å². The zero-order valence-electron chi connectivity index (χ0n) is 25.5. The van der Waals surface area contributed by atoms with Crippen LogP contribution in [0.25, 0.3) is 0 Å². The average Bonchev–Trinajstić information content (AvgIpc) is 2.97. The van der Waals surface area contributed by atoms with Crippen molar-refractivity contribution in [3.05, 3.63) is 89.0 Å². The van der Waals surface area contributed by atoms with Crippen LogP contribution in [0.1, 0.15) is 55.4 Å². The Bertz CT molecular complexity index is 1450. The largest absolute Gasteiger partial charge is 0.497 e. The molecule has 0 saturated carbocycles. The second-order valence-electron chi connectivity index (χ2n) is 10.6. The molecule has 0 spiro atoms. The van der Waals surface area contributed by atoms with Crippen LogP contribution in [0, 0.1) is 20.8 Å². The molecule has 8 nitrogen and oxygen atoms in total. The van der Waals surface area contributed by atoms with E-state index in [2.05, 4.69) is 5.32 Å². The molecular formula is C33H43N3O5S. The van der Waals surface area contributed by atoms with Gasteiger partial charge in [-0.2, -0.15) is 0 Å². The first-order valence-corrected chi connectivity index (χ1v) is 15.8. The molecule has 3 rings (SSSR count).